The van der Waals surface area contributed by atoms with Gasteiger partial charge < -0.3 is 24.9 Å². The van der Waals surface area contributed by atoms with Crippen molar-refractivity contribution in [2.45, 2.75) is 12.8 Å². The number of nitrogens with zero attached hydrogens (tertiary/aromatic N) is 1. The lowest BCUT2D eigenvalue weighted by Gasteiger charge is -2.16. The van der Waals surface area contributed by atoms with Gasteiger partial charge >= 0.3 is 11.1 Å². The number of H-pyrrole nitrogens is 2. The molecule has 1 aromatic heterocycles. The third kappa shape index (κ3) is 4.03. The Kier molecular flexibility index (Phi) is 4.86. The third-order valence-electron chi connectivity index (χ3n) is 4.58. The molecule has 0 atom stereocenters. The lowest BCUT2D eigenvalue weighted by molar-refractivity contribution is -0.118. The number of fused-ring (bicyclic) bond motifs is 1. The van der Waals surface area contributed by atoms with Crippen molar-refractivity contribution in [3.8, 4) is 5.75 Å². The van der Waals surface area contributed by atoms with Crippen molar-refractivity contribution >= 4 is 34.2 Å². The summed E-state index contributed by atoms with van der Waals surface area (Å²) in [6.45, 7) is 0.454. The Balaban J connectivity index is 1.41. The molecule has 2 aromatic carbocycles. The second-order valence-corrected chi connectivity index (χ2v) is 6.65. The monoisotopic (exact) mass is 394 g/mol. The molecule has 4 rings (SSSR count). The molecule has 9 heteroatoms. The van der Waals surface area contributed by atoms with E-state index in [0.29, 0.717) is 35.4 Å². The minimum Gasteiger partial charge on any atom is -0.484 e. The molecule has 3 N–H and O–H groups in total. The largest absolute Gasteiger partial charge is 0.484 e. The average molecular weight is 394 g/mol. The van der Waals surface area contributed by atoms with E-state index in [0.717, 1.165) is 12.1 Å². The summed E-state index contributed by atoms with van der Waals surface area (Å²) in [5.41, 5.74) is 0.553. The standard InChI is InChI=1S/C20H18N4O5/c25-17(21-12-6-7-15-16(9-12)23-20(28)19(27)22-15)11-29-14-4-1-3-13(10-14)24-8-2-5-18(24)26/h1,3-4,6-7,9-10H,2,5,8,11H2,(H,21,25)(H,22,27)(H,23,28). The first-order chi connectivity index (χ1) is 14.0. The highest BCUT2D eigenvalue weighted by Crippen LogP contribution is 2.25. The van der Waals surface area contributed by atoms with E-state index in [1.54, 1.807) is 41.3 Å². The molecule has 0 bridgehead atoms. The van der Waals surface area contributed by atoms with E-state index >= 15 is 0 Å². The van der Waals surface area contributed by atoms with Gasteiger partial charge in [0.25, 0.3) is 5.91 Å². The Labute approximate surface area is 164 Å². The van der Waals surface area contributed by atoms with Crippen molar-refractivity contribution in [1.82, 2.24) is 9.97 Å². The highest BCUT2D eigenvalue weighted by Gasteiger charge is 2.21. The number of ether oxygens (including phenoxy) is 1. The van der Waals surface area contributed by atoms with Crippen LogP contribution in [-0.4, -0.2) is 34.9 Å². The molecule has 1 fully saturated rings. The highest BCUT2D eigenvalue weighted by atomic mass is 16.5. The van der Waals surface area contributed by atoms with Gasteiger partial charge in [0, 0.05) is 30.4 Å². The molecular weight excluding hydrogens is 376 g/mol. The van der Waals surface area contributed by atoms with Gasteiger partial charge in [0.2, 0.25) is 5.91 Å². The van der Waals surface area contributed by atoms with Crippen LogP contribution in [0, 0.1) is 0 Å². The van der Waals surface area contributed by atoms with Crippen LogP contribution in [0.5, 0.6) is 5.75 Å². The molecule has 0 unspecified atom stereocenters. The molecule has 0 spiro atoms. The second kappa shape index (κ2) is 7.63. The molecule has 148 valence electrons. The van der Waals surface area contributed by atoms with Crippen molar-refractivity contribution in [1.29, 1.82) is 0 Å². The first kappa shape index (κ1) is 18.5. The van der Waals surface area contributed by atoms with Gasteiger partial charge in [-0.2, -0.15) is 0 Å². The molecule has 2 heterocycles. The van der Waals surface area contributed by atoms with Crippen LogP contribution < -0.4 is 26.1 Å². The number of rotatable bonds is 5. The van der Waals surface area contributed by atoms with Crippen LogP contribution in [0.4, 0.5) is 11.4 Å². The van der Waals surface area contributed by atoms with Gasteiger partial charge in [-0.15, -0.1) is 0 Å². The number of anilines is 2. The van der Waals surface area contributed by atoms with E-state index in [9.17, 15) is 19.2 Å². The van der Waals surface area contributed by atoms with Gasteiger partial charge in [-0.1, -0.05) is 6.07 Å². The van der Waals surface area contributed by atoms with Crippen molar-refractivity contribution in [3.05, 3.63) is 63.2 Å². The van der Waals surface area contributed by atoms with Gasteiger partial charge in [0.15, 0.2) is 6.61 Å². The Morgan fingerprint density at radius 3 is 2.59 bits per heavy atom. The Hall–Kier alpha value is -3.88. The van der Waals surface area contributed by atoms with E-state index < -0.39 is 17.0 Å². The molecular formula is C20H18N4O5. The molecule has 1 aliphatic heterocycles. The second-order valence-electron chi connectivity index (χ2n) is 6.65. The normalized spacial score (nSPS) is 13.7. The van der Waals surface area contributed by atoms with E-state index in [1.807, 2.05) is 6.07 Å². The molecule has 0 aliphatic carbocycles. The highest BCUT2D eigenvalue weighted by molar-refractivity contribution is 5.95. The number of hydrogen-bond acceptors (Lipinski definition) is 5. The topological polar surface area (TPSA) is 124 Å². The first-order valence-electron chi connectivity index (χ1n) is 9.09. The lowest BCUT2D eigenvalue weighted by atomic mass is 10.2. The molecule has 9 nitrogen and oxygen atoms in total. The number of benzene rings is 2. The lowest BCUT2D eigenvalue weighted by Crippen LogP contribution is -2.29. The van der Waals surface area contributed by atoms with Crippen molar-refractivity contribution in [2.24, 2.45) is 0 Å². The number of aromatic amines is 2. The van der Waals surface area contributed by atoms with Crippen LogP contribution >= 0.6 is 0 Å². The molecule has 3 aromatic rings. The molecule has 0 radical (unpaired) electrons. The summed E-state index contributed by atoms with van der Waals surface area (Å²) in [6, 6.07) is 11.8. The van der Waals surface area contributed by atoms with Crippen LogP contribution in [0.2, 0.25) is 0 Å². The van der Waals surface area contributed by atoms with Crippen LogP contribution in [0.15, 0.2) is 52.1 Å². The maximum Gasteiger partial charge on any atom is 0.314 e. The fourth-order valence-electron chi connectivity index (χ4n) is 3.20. The van der Waals surface area contributed by atoms with Crippen LogP contribution in [0.1, 0.15) is 12.8 Å². The Bertz CT molecular complexity index is 1210. The molecule has 0 saturated carbocycles. The van der Waals surface area contributed by atoms with Gasteiger partial charge in [-0.25, -0.2) is 0 Å². The van der Waals surface area contributed by atoms with Crippen LogP contribution in [-0.2, 0) is 9.59 Å². The number of hydrogen-bond donors (Lipinski definition) is 3. The number of aromatic nitrogens is 2. The summed E-state index contributed by atoms with van der Waals surface area (Å²) in [5.74, 6) is 0.173. The summed E-state index contributed by atoms with van der Waals surface area (Å²) < 4.78 is 5.54. The Morgan fingerprint density at radius 1 is 1.03 bits per heavy atom. The minimum absolute atomic E-state index is 0.0792. The van der Waals surface area contributed by atoms with E-state index in [4.69, 9.17) is 4.74 Å². The van der Waals surface area contributed by atoms with Gasteiger partial charge in [0.05, 0.1) is 11.0 Å². The van der Waals surface area contributed by atoms with E-state index in [-0.39, 0.29) is 12.5 Å². The van der Waals surface area contributed by atoms with E-state index in [2.05, 4.69) is 15.3 Å². The third-order valence-corrected chi connectivity index (χ3v) is 4.58. The zero-order chi connectivity index (χ0) is 20.4. The van der Waals surface area contributed by atoms with Crippen LogP contribution in [0.25, 0.3) is 11.0 Å². The number of nitrogens with one attached hydrogen (secondary N) is 3. The zero-order valence-electron chi connectivity index (χ0n) is 15.4. The number of carbonyl (C=O) groups excluding carboxylic acids is 2. The summed E-state index contributed by atoms with van der Waals surface area (Å²) >= 11 is 0. The molecule has 29 heavy (non-hydrogen) atoms. The maximum atomic E-state index is 12.2. The van der Waals surface area contributed by atoms with Crippen molar-refractivity contribution in [3.63, 3.8) is 0 Å². The predicted molar refractivity (Wildman–Crippen MR) is 107 cm³/mol. The summed E-state index contributed by atoms with van der Waals surface area (Å²) in [5, 5.41) is 2.67. The smallest absolute Gasteiger partial charge is 0.314 e. The van der Waals surface area contributed by atoms with Crippen molar-refractivity contribution < 1.29 is 14.3 Å². The predicted octanol–water partition coefficient (Wildman–Crippen LogP) is 1.36. The summed E-state index contributed by atoms with van der Waals surface area (Å²) in [4.78, 5) is 53.5. The van der Waals surface area contributed by atoms with Gasteiger partial charge in [-0.05, 0) is 36.8 Å². The molecule has 1 saturated heterocycles. The number of carbonyl (C=O) groups is 2. The maximum absolute atomic E-state index is 12.2. The zero-order valence-corrected chi connectivity index (χ0v) is 15.4. The molecule has 1 aliphatic rings. The fourth-order valence-corrected chi connectivity index (χ4v) is 3.20. The molecule has 2 amide bonds. The van der Waals surface area contributed by atoms with Gasteiger partial charge in [0.1, 0.15) is 5.75 Å². The fraction of sp³-hybridized carbons (Fsp3) is 0.200. The average Bonchev–Trinajstić information content (AvgIpc) is 3.14. The van der Waals surface area contributed by atoms with Crippen LogP contribution in [0.3, 0.4) is 0 Å². The number of amides is 2. The van der Waals surface area contributed by atoms with Crippen molar-refractivity contribution in [2.75, 3.05) is 23.4 Å². The summed E-state index contributed by atoms with van der Waals surface area (Å²) in [6.07, 6.45) is 1.37. The summed E-state index contributed by atoms with van der Waals surface area (Å²) in [7, 11) is 0. The minimum atomic E-state index is -0.763. The SMILES string of the molecule is O=C(COc1cccc(N2CCCC2=O)c1)Nc1ccc2[nH]c(=O)c(=O)[nH]c2c1. The quantitative estimate of drug-likeness (QED) is 0.564. The van der Waals surface area contributed by atoms with Gasteiger partial charge in [-0.3, -0.25) is 19.2 Å². The van der Waals surface area contributed by atoms with E-state index in [1.165, 1.54) is 0 Å². The first-order valence-corrected chi connectivity index (χ1v) is 9.09. The Morgan fingerprint density at radius 2 is 1.83 bits per heavy atom.